The van der Waals surface area contributed by atoms with E-state index < -0.39 is 17.6 Å². The standard InChI is InChI=1S/C19H18F3N3O/c1-3-6-15-17(25-11-12(2)9-10-16(25)23-15)18(26)24-14-8-5-4-7-13(14)19(20,21)22/h4-5,7-11H,3,6H2,1-2H3,(H,24,26). The minimum Gasteiger partial charge on any atom is -0.320 e. The van der Waals surface area contributed by atoms with Crippen LogP contribution >= 0.6 is 0 Å². The van der Waals surface area contributed by atoms with Crippen LogP contribution in [0.2, 0.25) is 0 Å². The van der Waals surface area contributed by atoms with Crippen LogP contribution in [0, 0.1) is 6.92 Å². The fraction of sp³-hybridized carbons (Fsp3) is 0.263. The Bertz CT molecular complexity index is 960. The maximum atomic E-state index is 13.2. The number of anilines is 1. The number of aromatic nitrogens is 2. The average Bonchev–Trinajstić information content (AvgIpc) is 2.92. The molecule has 0 saturated carbocycles. The Morgan fingerprint density at radius 2 is 1.92 bits per heavy atom. The first-order chi connectivity index (χ1) is 12.3. The van der Waals surface area contributed by atoms with Crippen LogP contribution in [0.15, 0.2) is 42.6 Å². The molecule has 1 N–H and O–H groups in total. The van der Waals surface area contributed by atoms with Crippen LogP contribution in [0.5, 0.6) is 0 Å². The molecule has 26 heavy (non-hydrogen) atoms. The summed E-state index contributed by atoms with van der Waals surface area (Å²) in [5.74, 6) is -0.608. The van der Waals surface area contributed by atoms with Crippen molar-refractivity contribution in [2.45, 2.75) is 32.9 Å². The monoisotopic (exact) mass is 361 g/mol. The first kappa shape index (κ1) is 18.0. The van der Waals surface area contributed by atoms with Gasteiger partial charge in [-0.1, -0.05) is 31.5 Å². The number of hydrogen-bond donors (Lipinski definition) is 1. The molecule has 0 atom stereocenters. The molecule has 1 aromatic carbocycles. The zero-order valence-corrected chi connectivity index (χ0v) is 14.4. The van der Waals surface area contributed by atoms with Crippen molar-refractivity contribution in [1.29, 1.82) is 0 Å². The molecule has 2 aromatic heterocycles. The van der Waals surface area contributed by atoms with Gasteiger partial charge in [-0.25, -0.2) is 4.98 Å². The highest BCUT2D eigenvalue weighted by atomic mass is 19.4. The molecule has 0 saturated heterocycles. The van der Waals surface area contributed by atoms with Crippen molar-refractivity contribution in [2.75, 3.05) is 5.32 Å². The number of imidazole rings is 1. The largest absolute Gasteiger partial charge is 0.418 e. The first-order valence-electron chi connectivity index (χ1n) is 8.26. The van der Waals surface area contributed by atoms with Crippen LogP contribution in [0.4, 0.5) is 18.9 Å². The third-order valence-electron chi connectivity index (χ3n) is 4.02. The van der Waals surface area contributed by atoms with Crippen molar-refractivity contribution in [2.24, 2.45) is 0 Å². The molecule has 2 heterocycles. The SMILES string of the molecule is CCCc1nc2ccc(C)cn2c1C(=O)Nc1ccccc1C(F)(F)F. The number of para-hydroxylation sites is 1. The lowest BCUT2D eigenvalue weighted by molar-refractivity contribution is -0.136. The van der Waals surface area contributed by atoms with E-state index in [0.29, 0.717) is 17.8 Å². The van der Waals surface area contributed by atoms with Crippen molar-refractivity contribution >= 4 is 17.2 Å². The number of benzene rings is 1. The summed E-state index contributed by atoms with van der Waals surface area (Å²) in [6.45, 7) is 3.83. The molecule has 3 aromatic rings. The molecule has 1 amide bonds. The summed E-state index contributed by atoms with van der Waals surface area (Å²) in [6, 6.07) is 8.60. The zero-order valence-electron chi connectivity index (χ0n) is 14.4. The van der Waals surface area contributed by atoms with E-state index >= 15 is 0 Å². The molecule has 0 radical (unpaired) electrons. The lowest BCUT2D eigenvalue weighted by Gasteiger charge is -2.14. The van der Waals surface area contributed by atoms with E-state index in [1.54, 1.807) is 16.7 Å². The Labute approximate surface area is 148 Å². The highest BCUT2D eigenvalue weighted by Gasteiger charge is 2.34. The predicted molar refractivity (Wildman–Crippen MR) is 93.3 cm³/mol. The second-order valence-electron chi connectivity index (χ2n) is 6.09. The molecular formula is C19H18F3N3O. The number of hydrogen-bond acceptors (Lipinski definition) is 2. The summed E-state index contributed by atoms with van der Waals surface area (Å²) in [5.41, 5.74) is 1.20. The van der Waals surface area contributed by atoms with Gasteiger partial charge in [0.2, 0.25) is 0 Å². The number of halogens is 3. The number of nitrogens with one attached hydrogen (secondary N) is 1. The molecule has 0 bridgehead atoms. The number of pyridine rings is 1. The normalized spacial score (nSPS) is 11.7. The number of nitrogens with zero attached hydrogens (tertiary/aromatic N) is 2. The van der Waals surface area contributed by atoms with Gasteiger partial charge >= 0.3 is 6.18 Å². The van der Waals surface area contributed by atoms with Crippen LogP contribution in [0.25, 0.3) is 5.65 Å². The zero-order chi connectivity index (χ0) is 18.9. The number of alkyl halides is 3. The van der Waals surface area contributed by atoms with Crippen LogP contribution in [0.1, 0.15) is 40.7 Å². The van der Waals surface area contributed by atoms with Gasteiger partial charge < -0.3 is 5.32 Å². The van der Waals surface area contributed by atoms with Gasteiger partial charge in [0.15, 0.2) is 0 Å². The first-order valence-corrected chi connectivity index (χ1v) is 8.26. The highest BCUT2D eigenvalue weighted by molar-refractivity contribution is 6.05. The fourth-order valence-electron chi connectivity index (χ4n) is 2.87. The Morgan fingerprint density at radius 3 is 2.62 bits per heavy atom. The Morgan fingerprint density at radius 1 is 1.19 bits per heavy atom. The second-order valence-corrected chi connectivity index (χ2v) is 6.09. The summed E-state index contributed by atoms with van der Waals surface area (Å²) in [5, 5.41) is 2.41. The van der Waals surface area contributed by atoms with E-state index in [9.17, 15) is 18.0 Å². The van der Waals surface area contributed by atoms with Gasteiger partial charge in [0.1, 0.15) is 11.3 Å². The lowest BCUT2D eigenvalue weighted by Crippen LogP contribution is -2.19. The third-order valence-corrected chi connectivity index (χ3v) is 4.02. The highest BCUT2D eigenvalue weighted by Crippen LogP contribution is 2.34. The summed E-state index contributed by atoms with van der Waals surface area (Å²) in [4.78, 5) is 17.3. The van der Waals surface area contributed by atoms with Crippen molar-refractivity contribution in [3.05, 3.63) is 65.1 Å². The van der Waals surface area contributed by atoms with Gasteiger partial charge in [-0.3, -0.25) is 9.20 Å². The summed E-state index contributed by atoms with van der Waals surface area (Å²) < 4.78 is 41.2. The number of aryl methyl sites for hydroxylation is 2. The third kappa shape index (κ3) is 3.42. The molecule has 136 valence electrons. The molecule has 0 aliphatic heterocycles. The quantitative estimate of drug-likeness (QED) is 0.721. The van der Waals surface area contributed by atoms with Crippen LogP contribution < -0.4 is 5.32 Å². The van der Waals surface area contributed by atoms with Crippen molar-refractivity contribution < 1.29 is 18.0 Å². The number of amides is 1. The second kappa shape index (κ2) is 6.82. The van der Waals surface area contributed by atoms with Gasteiger partial charge in [0, 0.05) is 6.20 Å². The fourth-order valence-corrected chi connectivity index (χ4v) is 2.87. The van der Waals surface area contributed by atoms with E-state index in [1.807, 2.05) is 19.9 Å². The van der Waals surface area contributed by atoms with E-state index in [4.69, 9.17) is 0 Å². The van der Waals surface area contributed by atoms with Crippen LogP contribution in [-0.2, 0) is 12.6 Å². The number of fused-ring (bicyclic) bond motifs is 1. The van der Waals surface area contributed by atoms with Crippen molar-refractivity contribution in [1.82, 2.24) is 9.38 Å². The van der Waals surface area contributed by atoms with Crippen molar-refractivity contribution in [3.8, 4) is 0 Å². The molecule has 4 nitrogen and oxygen atoms in total. The predicted octanol–water partition coefficient (Wildman–Crippen LogP) is 4.87. The number of carbonyl (C=O) groups is 1. The smallest absolute Gasteiger partial charge is 0.320 e. The van der Waals surface area contributed by atoms with Crippen LogP contribution in [0.3, 0.4) is 0 Å². The summed E-state index contributed by atoms with van der Waals surface area (Å²) >= 11 is 0. The van der Waals surface area contributed by atoms with E-state index in [2.05, 4.69) is 10.3 Å². The van der Waals surface area contributed by atoms with E-state index in [1.165, 1.54) is 18.2 Å². The van der Waals surface area contributed by atoms with Crippen LogP contribution in [-0.4, -0.2) is 15.3 Å². The minimum atomic E-state index is -4.55. The Balaban J connectivity index is 2.06. The average molecular weight is 361 g/mol. The molecular weight excluding hydrogens is 343 g/mol. The summed E-state index contributed by atoms with van der Waals surface area (Å²) in [7, 11) is 0. The molecule has 3 rings (SSSR count). The number of rotatable bonds is 4. The van der Waals surface area contributed by atoms with Gasteiger partial charge in [0.05, 0.1) is 16.9 Å². The number of carbonyl (C=O) groups excluding carboxylic acids is 1. The molecule has 0 unspecified atom stereocenters. The molecule has 0 aliphatic rings. The summed E-state index contributed by atoms with van der Waals surface area (Å²) in [6.07, 6.45) is -1.47. The van der Waals surface area contributed by atoms with Crippen molar-refractivity contribution in [3.63, 3.8) is 0 Å². The van der Waals surface area contributed by atoms with Gasteiger partial charge in [0.25, 0.3) is 5.91 Å². The lowest BCUT2D eigenvalue weighted by atomic mass is 10.1. The molecule has 7 heteroatoms. The minimum absolute atomic E-state index is 0.266. The maximum Gasteiger partial charge on any atom is 0.418 e. The molecule has 0 spiro atoms. The Kier molecular flexibility index (Phi) is 4.71. The molecule has 0 fully saturated rings. The topological polar surface area (TPSA) is 46.4 Å². The van der Waals surface area contributed by atoms with E-state index in [-0.39, 0.29) is 11.4 Å². The van der Waals surface area contributed by atoms with Gasteiger partial charge in [-0.2, -0.15) is 13.2 Å². The maximum absolute atomic E-state index is 13.2. The van der Waals surface area contributed by atoms with Gasteiger partial charge in [-0.05, 0) is 37.1 Å². The van der Waals surface area contributed by atoms with Gasteiger partial charge in [-0.15, -0.1) is 0 Å². The molecule has 0 aliphatic carbocycles. The Hall–Kier alpha value is -2.83. The van der Waals surface area contributed by atoms with E-state index in [0.717, 1.165) is 18.1 Å².